The van der Waals surface area contributed by atoms with Crippen molar-refractivity contribution < 1.29 is 18.4 Å². The minimum Gasteiger partial charge on any atom is -0.411 e. The maximum absolute atomic E-state index is 13.0. The van der Waals surface area contributed by atoms with Crippen LogP contribution in [0.5, 0.6) is 0 Å². The van der Waals surface area contributed by atoms with Crippen LogP contribution in [-0.2, 0) is 4.79 Å². The van der Waals surface area contributed by atoms with Gasteiger partial charge in [-0.25, -0.2) is 9.18 Å². The number of amides is 3. The molecule has 9 heteroatoms. The van der Waals surface area contributed by atoms with Gasteiger partial charge in [-0.15, -0.1) is 10.2 Å². The van der Waals surface area contributed by atoms with E-state index in [2.05, 4.69) is 20.8 Å². The maximum Gasteiger partial charge on any atom is 0.321 e. The minimum atomic E-state index is -0.594. The van der Waals surface area contributed by atoms with Gasteiger partial charge < -0.3 is 9.73 Å². The first-order valence-corrected chi connectivity index (χ1v) is 9.76. The van der Waals surface area contributed by atoms with Crippen LogP contribution < -0.4 is 10.6 Å². The number of aromatic nitrogens is 2. The number of hydrogen-bond acceptors (Lipinski definition) is 6. The fourth-order valence-electron chi connectivity index (χ4n) is 2.85. The first-order valence-electron chi connectivity index (χ1n) is 8.89. The van der Waals surface area contributed by atoms with Gasteiger partial charge in [0.2, 0.25) is 11.8 Å². The Morgan fingerprint density at radius 1 is 1.19 bits per heavy atom. The van der Waals surface area contributed by atoms with Gasteiger partial charge >= 0.3 is 6.03 Å². The molecule has 0 saturated heterocycles. The number of thioether (sulfide) groups is 1. The topological polar surface area (TPSA) is 97.1 Å². The molecule has 2 aromatic rings. The normalized spacial score (nSPS) is 15.9. The molecule has 0 unspecified atom stereocenters. The van der Waals surface area contributed by atoms with E-state index < -0.39 is 17.2 Å². The number of carbonyl (C=O) groups is 2. The molecule has 1 aromatic carbocycles. The molecule has 0 spiro atoms. The Hall–Kier alpha value is -2.42. The van der Waals surface area contributed by atoms with Gasteiger partial charge in [0.15, 0.2) is 0 Å². The highest BCUT2D eigenvalue weighted by Crippen LogP contribution is 2.26. The number of carbonyl (C=O) groups excluding carboxylic acids is 2. The molecule has 1 aliphatic rings. The highest BCUT2D eigenvalue weighted by atomic mass is 32.2. The second-order valence-corrected chi connectivity index (χ2v) is 7.73. The maximum atomic E-state index is 13.0. The molecule has 1 saturated carbocycles. The zero-order chi connectivity index (χ0) is 19.2. The summed E-state index contributed by atoms with van der Waals surface area (Å²) < 4.78 is 18.5. The SMILES string of the molecule is C[C@@H](Sc1nnc(-c2ccc(F)cc2)o1)C(=O)NC(=O)NC1CCCCC1. The van der Waals surface area contributed by atoms with Crippen molar-refractivity contribution >= 4 is 23.7 Å². The van der Waals surface area contributed by atoms with Crippen molar-refractivity contribution in [3.63, 3.8) is 0 Å². The average molecular weight is 392 g/mol. The van der Waals surface area contributed by atoms with Crippen molar-refractivity contribution in [2.75, 3.05) is 0 Å². The van der Waals surface area contributed by atoms with Gasteiger partial charge in [-0.05, 0) is 44.0 Å². The Morgan fingerprint density at radius 3 is 2.59 bits per heavy atom. The number of imide groups is 1. The van der Waals surface area contributed by atoms with Crippen LogP contribution in [0, 0.1) is 5.82 Å². The lowest BCUT2D eigenvalue weighted by atomic mass is 9.96. The summed E-state index contributed by atoms with van der Waals surface area (Å²) >= 11 is 1.05. The van der Waals surface area contributed by atoms with E-state index >= 15 is 0 Å². The molecule has 2 N–H and O–H groups in total. The molecule has 7 nitrogen and oxygen atoms in total. The van der Waals surface area contributed by atoms with E-state index in [-0.39, 0.29) is 23.0 Å². The van der Waals surface area contributed by atoms with Crippen molar-refractivity contribution in [1.82, 2.24) is 20.8 Å². The Bertz CT molecular complexity index is 790. The van der Waals surface area contributed by atoms with E-state index in [9.17, 15) is 14.0 Å². The zero-order valence-corrected chi connectivity index (χ0v) is 15.7. The van der Waals surface area contributed by atoms with Gasteiger partial charge in [0.1, 0.15) is 5.82 Å². The lowest BCUT2D eigenvalue weighted by Gasteiger charge is -2.22. The molecule has 0 aliphatic heterocycles. The van der Waals surface area contributed by atoms with Crippen molar-refractivity contribution in [1.29, 1.82) is 0 Å². The third kappa shape index (κ3) is 5.53. The number of rotatable bonds is 5. The second kappa shape index (κ2) is 8.98. The minimum absolute atomic E-state index is 0.128. The number of hydrogen-bond donors (Lipinski definition) is 2. The summed E-state index contributed by atoms with van der Waals surface area (Å²) in [5.74, 6) is -0.556. The highest BCUT2D eigenvalue weighted by molar-refractivity contribution is 8.00. The summed E-state index contributed by atoms with van der Waals surface area (Å²) in [6.45, 7) is 1.65. The lowest BCUT2D eigenvalue weighted by Crippen LogP contribution is -2.47. The third-order valence-corrected chi connectivity index (χ3v) is 5.26. The van der Waals surface area contributed by atoms with Crippen LogP contribution in [0.3, 0.4) is 0 Å². The fourth-order valence-corrected chi connectivity index (χ4v) is 3.54. The first-order chi connectivity index (χ1) is 13.0. The van der Waals surface area contributed by atoms with Gasteiger partial charge in [0, 0.05) is 11.6 Å². The Labute approximate surface area is 160 Å². The molecule has 0 bridgehead atoms. The Kier molecular flexibility index (Phi) is 6.44. The summed E-state index contributed by atoms with van der Waals surface area (Å²) in [5, 5.41) is 12.6. The Balaban J connectivity index is 1.50. The van der Waals surface area contributed by atoms with Crippen molar-refractivity contribution in [2.24, 2.45) is 0 Å². The summed E-state index contributed by atoms with van der Waals surface area (Å²) in [5.41, 5.74) is 0.583. The van der Waals surface area contributed by atoms with Crippen LogP contribution in [0.4, 0.5) is 9.18 Å². The second-order valence-electron chi connectivity index (χ2n) is 6.44. The summed E-state index contributed by atoms with van der Waals surface area (Å²) in [6, 6.07) is 5.31. The molecule has 3 amide bonds. The molecule has 1 heterocycles. The number of nitrogens with one attached hydrogen (secondary N) is 2. The molecule has 1 atom stereocenters. The zero-order valence-electron chi connectivity index (χ0n) is 14.9. The van der Waals surface area contributed by atoms with Gasteiger partial charge in [-0.1, -0.05) is 31.0 Å². The van der Waals surface area contributed by atoms with Crippen molar-refractivity contribution in [3.8, 4) is 11.5 Å². The van der Waals surface area contributed by atoms with Crippen LogP contribution in [0.2, 0.25) is 0 Å². The van der Waals surface area contributed by atoms with Crippen LogP contribution in [-0.4, -0.2) is 33.4 Å². The molecule has 1 aromatic heterocycles. The molecule has 0 radical (unpaired) electrons. The van der Waals surface area contributed by atoms with Gasteiger partial charge in [-0.3, -0.25) is 10.1 Å². The van der Waals surface area contributed by atoms with Crippen molar-refractivity contribution in [3.05, 3.63) is 30.1 Å². The van der Waals surface area contributed by atoms with E-state index in [1.54, 1.807) is 6.92 Å². The lowest BCUT2D eigenvalue weighted by molar-refractivity contribution is -0.119. The first kappa shape index (κ1) is 19.3. The predicted octanol–water partition coefficient (Wildman–Crippen LogP) is 3.51. The molecular formula is C18H21FN4O3S. The highest BCUT2D eigenvalue weighted by Gasteiger charge is 2.22. The van der Waals surface area contributed by atoms with Gasteiger partial charge in [0.05, 0.1) is 5.25 Å². The average Bonchev–Trinajstić information content (AvgIpc) is 3.11. The summed E-state index contributed by atoms with van der Waals surface area (Å²) in [6.07, 6.45) is 5.27. The van der Waals surface area contributed by atoms with E-state index in [4.69, 9.17) is 4.42 Å². The number of nitrogens with zero attached hydrogens (tertiary/aromatic N) is 2. The van der Waals surface area contributed by atoms with Gasteiger partial charge in [-0.2, -0.15) is 0 Å². The quantitative estimate of drug-likeness (QED) is 0.756. The fraction of sp³-hybridized carbons (Fsp3) is 0.444. The standard InChI is InChI=1S/C18H21FN4O3S/c1-11(15(24)21-17(25)20-14-5-3-2-4-6-14)27-18-23-22-16(26-18)12-7-9-13(19)10-8-12/h7-11,14H,2-6H2,1H3,(H2,20,21,24,25)/t11-/m1/s1. The van der Waals surface area contributed by atoms with Crippen LogP contribution in [0.25, 0.3) is 11.5 Å². The van der Waals surface area contributed by atoms with E-state index in [0.29, 0.717) is 5.56 Å². The molecule has 1 fully saturated rings. The van der Waals surface area contributed by atoms with E-state index in [1.165, 1.54) is 30.7 Å². The Morgan fingerprint density at radius 2 is 1.89 bits per heavy atom. The number of benzene rings is 1. The van der Waals surface area contributed by atoms with Crippen LogP contribution in [0.15, 0.2) is 33.9 Å². The molecule has 27 heavy (non-hydrogen) atoms. The largest absolute Gasteiger partial charge is 0.411 e. The molecule has 144 valence electrons. The summed E-state index contributed by atoms with van der Waals surface area (Å²) in [4.78, 5) is 24.2. The molecule has 3 rings (SSSR count). The third-order valence-electron chi connectivity index (χ3n) is 4.32. The molecular weight excluding hydrogens is 371 g/mol. The van der Waals surface area contributed by atoms with E-state index in [0.717, 1.165) is 37.4 Å². The number of urea groups is 1. The summed E-state index contributed by atoms with van der Waals surface area (Å²) in [7, 11) is 0. The van der Waals surface area contributed by atoms with Crippen LogP contribution in [0.1, 0.15) is 39.0 Å². The predicted molar refractivity (Wildman–Crippen MR) is 98.6 cm³/mol. The van der Waals surface area contributed by atoms with Gasteiger partial charge in [0.25, 0.3) is 5.22 Å². The van der Waals surface area contributed by atoms with E-state index in [1.807, 2.05) is 0 Å². The monoisotopic (exact) mass is 392 g/mol. The van der Waals surface area contributed by atoms with Crippen LogP contribution >= 0.6 is 11.8 Å². The molecule has 1 aliphatic carbocycles. The van der Waals surface area contributed by atoms with Crippen molar-refractivity contribution in [2.45, 2.75) is 55.5 Å². The smallest absolute Gasteiger partial charge is 0.321 e. The number of halogens is 1.